The number of rotatable bonds is 4. The SMILES string of the molecule is Fc1ccccc1CCNc1nc(Cl)nc2ccccc12. The number of nitrogens with one attached hydrogen (secondary N) is 1. The summed E-state index contributed by atoms with van der Waals surface area (Å²) < 4.78 is 13.6. The van der Waals surface area contributed by atoms with Crippen LogP contribution in [0.5, 0.6) is 0 Å². The fourth-order valence-corrected chi connectivity index (χ4v) is 2.38. The van der Waals surface area contributed by atoms with Crippen LogP contribution in [0, 0.1) is 5.82 Å². The van der Waals surface area contributed by atoms with Crippen LogP contribution in [0.4, 0.5) is 10.2 Å². The Morgan fingerprint density at radius 3 is 2.62 bits per heavy atom. The zero-order chi connectivity index (χ0) is 14.7. The Morgan fingerprint density at radius 1 is 1.00 bits per heavy atom. The topological polar surface area (TPSA) is 37.8 Å². The zero-order valence-corrected chi connectivity index (χ0v) is 11.9. The highest BCUT2D eigenvalue weighted by molar-refractivity contribution is 6.28. The molecule has 0 atom stereocenters. The van der Waals surface area contributed by atoms with E-state index in [0.29, 0.717) is 24.3 Å². The van der Waals surface area contributed by atoms with Crippen LogP contribution in [0.2, 0.25) is 5.28 Å². The van der Waals surface area contributed by atoms with E-state index >= 15 is 0 Å². The molecule has 1 heterocycles. The molecule has 2 aromatic carbocycles. The second kappa shape index (κ2) is 6.06. The third-order valence-corrected chi connectivity index (χ3v) is 3.39. The van der Waals surface area contributed by atoms with Gasteiger partial charge in [0.1, 0.15) is 11.6 Å². The molecule has 0 radical (unpaired) electrons. The van der Waals surface area contributed by atoms with E-state index in [9.17, 15) is 4.39 Å². The van der Waals surface area contributed by atoms with Gasteiger partial charge < -0.3 is 5.32 Å². The van der Waals surface area contributed by atoms with Crippen molar-refractivity contribution in [2.24, 2.45) is 0 Å². The highest BCUT2D eigenvalue weighted by Crippen LogP contribution is 2.21. The van der Waals surface area contributed by atoms with Gasteiger partial charge in [-0.05, 0) is 41.8 Å². The second-order valence-electron chi connectivity index (χ2n) is 4.63. The van der Waals surface area contributed by atoms with E-state index in [-0.39, 0.29) is 11.1 Å². The van der Waals surface area contributed by atoms with Crippen LogP contribution in [0.15, 0.2) is 48.5 Å². The number of fused-ring (bicyclic) bond motifs is 1. The molecule has 0 aliphatic carbocycles. The summed E-state index contributed by atoms with van der Waals surface area (Å²) in [6.45, 7) is 0.568. The molecule has 0 saturated heterocycles. The molecule has 3 rings (SSSR count). The molecule has 3 aromatic rings. The second-order valence-corrected chi connectivity index (χ2v) is 4.96. The summed E-state index contributed by atoms with van der Waals surface area (Å²) in [6.07, 6.45) is 0.572. The molecule has 1 aromatic heterocycles. The molecule has 0 unspecified atom stereocenters. The Kier molecular flexibility index (Phi) is 3.97. The minimum atomic E-state index is -0.190. The first kappa shape index (κ1) is 13.8. The smallest absolute Gasteiger partial charge is 0.224 e. The lowest BCUT2D eigenvalue weighted by Gasteiger charge is -2.09. The third kappa shape index (κ3) is 3.11. The maximum Gasteiger partial charge on any atom is 0.224 e. The van der Waals surface area contributed by atoms with Crippen molar-refractivity contribution in [1.82, 2.24) is 9.97 Å². The van der Waals surface area contributed by atoms with Crippen molar-refractivity contribution in [2.45, 2.75) is 6.42 Å². The molecule has 0 bridgehead atoms. The summed E-state index contributed by atoms with van der Waals surface area (Å²) in [6, 6.07) is 14.4. The van der Waals surface area contributed by atoms with Crippen LogP contribution in [0.3, 0.4) is 0 Å². The number of aromatic nitrogens is 2. The van der Waals surface area contributed by atoms with Gasteiger partial charge in [-0.25, -0.2) is 14.4 Å². The highest BCUT2D eigenvalue weighted by Gasteiger charge is 2.06. The van der Waals surface area contributed by atoms with Crippen molar-refractivity contribution < 1.29 is 4.39 Å². The minimum absolute atomic E-state index is 0.190. The summed E-state index contributed by atoms with van der Waals surface area (Å²) in [5.41, 5.74) is 1.46. The predicted octanol–water partition coefficient (Wildman–Crippen LogP) is 4.08. The standard InChI is InChI=1S/C16H13ClFN3/c17-16-20-14-8-4-2-6-12(14)15(21-16)19-10-9-11-5-1-3-7-13(11)18/h1-8H,9-10H2,(H,19,20,21). The van der Waals surface area contributed by atoms with Gasteiger partial charge >= 0.3 is 0 Å². The molecule has 0 fully saturated rings. The molecule has 0 amide bonds. The Labute approximate surface area is 126 Å². The Hall–Kier alpha value is -2.20. The number of nitrogens with zero attached hydrogens (tertiary/aromatic N) is 2. The summed E-state index contributed by atoms with van der Waals surface area (Å²) in [5, 5.41) is 4.30. The molecular formula is C16H13ClFN3. The van der Waals surface area contributed by atoms with Crippen LogP contribution in [-0.2, 0) is 6.42 Å². The molecule has 0 saturated carbocycles. The van der Waals surface area contributed by atoms with Gasteiger partial charge in [0.15, 0.2) is 0 Å². The number of hydrogen-bond donors (Lipinski definition) is 1. The monoisotopic (exact) mass is 301 g/mol. The normalized spacial score (nSPS) is 10.8. The third-order valence-electron chi connectivity index (χ3n) is 3.22. The van der Waals surface area contributed by atoms with Crippen molar-refractivity contribution >= 4 is 28.3 Å². The van der Waals surface area contributed by atoms with Crippen LogP contribution in [0.25, 0.3) is 10.9 Å². The number of anilines is 1. The molecule has 5 heteroatoms. The lowest BCUT2D eigenvalue weighted by Crippen LogP contribution is -2.08. The van der Waals surface area contributed by atoms with E-state index in [0.717, 1.165) is 10.9 Å². The number of hydrogen-bond acceptors (Lipinski definition) is 3. The number of para-hydroxylation sites is 1. The van der Waals surface area contributed by atoms with Gasteiger partial charge in [-0.3, -0.25) is 0 Å². The van der Waals surface area contributed by atoms with E-state index in [4.69, 9.17) is 11.6 Å². The van der Waals surface area contributed by atoms with Crippen molar-refractivity contribution in [3.05, 3.63) is 65.2 Å². The Bertz CT molecular complexity index is 776. The first-order valence-electron chi connectivity index (χ1n) is 6.63. The van der Waals surface area contributed by atoms with Crippen molar-refractivity contribution in [3.63, 3.8) is 0 Å². The highest BCUT2D eigenvalue weighted by atomic mass is 35.5. The summed E-state index contributed by atoms with van der Waals surface area (Å²) in [4.78, 5) is 8.38. The van der Waals surface area contributed by atoms with Crippen LogP contribution in [-0.4, -0.2) is 16.5 Å². The van der Waals surface area contributed by atoms with E-state index in [1.165, 1.54) is 6.07 Å². The van der Waals surface area contributed by atoms with Crippen molar-refractivity contribution in [2.75, 3.05) is 11.9 Å². The van der Waals surface area contributed by atoms with Gasteiger partial charge in [0.2, 0.25) is 5.28 Å². The predicted molar refractivity (Wildman–Crippen MR) is 83.1 cm³/mol. The van der Waals surface area contributed by atoms with Crippen LogP contribution >= 0.6 is 11.6 Å². The average molecular weight is 302 g/mol. The van der Waals surface area contributed by atoms with E-state index in [1.807, 2.05) is 30.3 Å². The molecule has 1 N–H and O–H groups in total. The van der Waals surface area contributed by atoms with Gasteiger partial charge in [0.05, 0.1) is 5.52 Å². The maximum atomic E-state index is 13.6. The van der Waals surface area contributed by atoms with E-state index in [2.05, 4.69) is 15.3 Å². The average Bonchev–Trinajstić information content (AvgIpc) is 2.49. The van der Waals surface area contributed by atoms with E-state index in [1.54, 1.807) is 12.1 Å². The molecular weight excluding hydrogens is 289 g/mol. The van der Waals surface area contributed by atoms with Crippen LogP contribution in [0.1, 0.15) is 5.56 Å². The van der Waals surface area contributed by atoms with Gasteiger partial charge in [0.25, 0.3) is 0 Å². The number of halogens is 2. The molecule has 0 aliphatic rings. The summed E-state index contributed by atoms with van der Waals surface area (Å²) >= 11 is 5.92. The van der Waals surface area contributed by atoms with Gasteiger partial charge in [-0.1, -0.05) is 30.3 Å². The zero-order valence-electron chi connectivity index (χ0n) is 11.2. The minimum Gasteiger partial charge on any atom is -0.369 e. The van der Waals surface area contributed by atoms with Crippen molar-refractivity contribution in [1.29, 1.82) is 0 Å². The fraction of sp³-hybridized carbons (Fsp3) is 0.125. The fourth-order valence-electron chi connectivity index (χ4n) is 2.20. The molecule has 0 spiro atoms. The quantitative estimate of drug-likeness (QED) is 0.738. The Balaban J connectivity index is 1.78. The largest absolute Gasteiger partial charge is 0.369 e. The molecule has 21 heavy (non-hydrogen) atoms. The van der Waals surface area contributed by atoms with E-state index < -0.39 is 0 Å². The van der Waals surface area contributed by atoms with Crippen LogP contribution < -0.4 is 5.32 Å². The summed E-state index contributed by atoms with van der Waals surface area (Å²) in [5.74, 6) is 0.479. The molecule has 3 nitrogen and oxygen atoms in total. The first-order valence-corrected chi connectivity index (χ1v) is 7.01. The van der Waals surface area contributed by atoms with Gasteiger partial charge in [-0.2, -0.15) is 0 Å². The molecule has 0 aliphatic heterocycles. The summed E-state index contributed by atoms with van der Waals surface area (Å²) in [7, 11) is 0. The first-order chi connectivity index (χ1) is 10.2. The molecule has 106 valence electrons. The van der Waals surface area contributed by atoms with Crippen molar-refractivity contribution in [3.8, 4) is 0 Å². The number of benzene rings is 2. The van der Waals surface area contributed by atoms with Gasteiger partial charge in [0, 0.05) is 11.9 Å². The maximum absolute atomic E-state index is 13.6. The Morgan fingerprint density at radius 2 is 1.76 bits per heavy atom. The van der Waals surface area contributed by atoms with Gasteiger partial charge in [-0.15, -0.1) is 0 Å². The lowest BCUT2D eigenvalue weighted by molar-refractivity contribution is 0.610. The lowest BCUT2D eigenvalue weighted by atomic mass is 10.1.